The molecule has 126 valence electrons. The number of halogens is 1. The molecule has 0 aliphatic rings. The lowest BCUT2D eigenvalue weighted by molar-refractivity contribution is -0.116. The van der Waals surface area contributed by atoms with E-state index in [2.05, 4.69) is 10.6 Å². The summed E-state index contributed by atoms with van der Waals surface area (Å²) >= 11 is 6.16. The first-order valence-electron chi connectivity index (χ1n) is 7.88. The monoisotopic (exact) mass is 344 g/mol. The van der Waals surface area contributed by atoms with E-state index in [0.717, 1.165) is 17.5 Å². The molecule has 0 radical (unpaired) electrons. The standard InChI is InChI=1S/C19H21ClN2O2/c1-4-5-18(23)21-15-6-7-16(20)17(11-15)22-19(24)14-9-12(2)8-13(3)10-14/h6-11H,4-5H2,1-3H3,(H,21,23)(H,22,24). The van der Waals surface area contributed by atoms with E-state index < -0.39 is 0 Å². The molecule has 2 amide bonds. The lowest BCUT2D eigenvalue weighted by Crippen LogP contribution is -2.14. The predicted octanol–water partition coefficient (Wildman–Crippen LogP) is 4.95. The van der Waals surface area contributed by atoms with Crippen molar-refractivity contribution in [3.8, 4) is 0 Å². The molecule has 0 heterocycles. The van der Waals surface area contributed by atoms with Crippen molar-refractivity contribution in [2.75, 3.05) is 10.6 Å². The molecule has 0 aliphatic carbocycles. The number of amides is 2. The van der Waals surface area contributed by atoms with E-state index in [1.165, 1.54) is 0 Å². The van der Waals surface area contributed by atoms with Gasteiger partial charge in [0.2, 0.25) is 5.91 Å². The molecule has 0 aromatic heterocycles. The number of rotatable bonds is 5. The van der Waals surface area contributed by atoms with Crippen LogP contribution in [-0.4, -0.2) is 11.8 Å². The van der Waals surface area contributed by atoms with Gasteiger partial charge in [0, 0.05) is 17.7 Å². The summed E-state index contributed by atoms with van der Waals surface area (Å²) in [6, 6.07) is 10.7. The second-order valence-electron chi connectivity index (χ2n) is 5.82. The summed E-state index contributed by atoms with van der Waals surface area (Å²) in [7, 11) is 0. The van der Waals surface area contributed by atoms with Gasteiger partial charge >= 0.3 is 0 Å². The van der Waals surface area contributed by atoms with Crippen LogP contribution < -0.4 is 10.6 Å². The third-order valence-electron chi connectivity index (χ3n) is 3.46. The molecule has 2 aromatic rings. The van der Waals surface area contributed by atoms with Gasteiger partial charge in [0.05, 0.1) is 10.7 Å². The van der Waals surface area contributed by atoms with Gasteiger partial charge in [-0.2, -0.15) is 0 Å². The first kappa shape index (κ1) is 18.0. The number of aryl methyl sites for hydroxylation is 2. The second kappa shape index (κ2) is 7.97. The molecule has 2 N–H and O–H groups in total. The van der Waals surface area contributed by atoms with Crippen LogP contribution in [0.5, 0.6) is 0 Å². The Labute approximate surface area is 147 Å². The maximum absolute atomic E-state index is 12.4. The molecule has 0 unspecified atom stereocenters. The summed E-state index contributed by atoms with van der Waals surface area (Å²) in [5, 5.41) is 6.02. The number of carbonyl (C=O) groups is 2. The fourth-order valence-corrected chi connectivity index (χ4v) is 2.61. The Bertz CT molecular complexity index is 752. The normalized spacial score (nSPS) is 10.3. The van der Waals surface area contributed by atoms with Crippen LogP contribution in [0.3, 0.4) is 0 Å². The Morgan fingerprint density at radius 3 is 2.29 bits per heavy atom. The molecule has 0 saturated carbocycles. The summed E-state index contributed by atoms with van der Waals surface area (Å²) in [6.07, 6.45) is 1.22. The van der Waals surface area contributed by atoms with Crippen LogP contribution in [-0.2, 0) is 4.79 Å². The first-order chi connectivity index (χ1) is 11.4. The van der Waals surface area contributed by atoms with Gasteiger partial charge in [-0.15, -0.1) is 0 Å². The average molecular weight is 345 g/mol. The van der Waals surface area contributed by atoms with Crippen LogP contribution in [0.15, 0.2) is 36.4 Å². The summed E-state index contributed by atoms with van der Waals surface area (Å²) in [5.74, 6) is -0.299. The minimum atomic E-state index is -0.235. The maximum Gasteiger partial charge on any atom is 0.255 e. The Balaban J connectivity index is 2.19. The van der Waals surface area contributed by atoms with Gasteiger partial charge in [0.1, 0.15) is 0 Å². The molecular formula is C19H21ClN2O2. The Hall–Kier alpha value is -2.33. The van der Waals surface area contributed by atoms with E-state index in [9.17, 15) is 9.59 Å². The van der Waals surface area contributed by atoms with E-state index in [0.29, 0.717) is 28.4 Å². The van der Waals surface area contributed by atoms with Gasteiger partial charge in [-0.1, -0.05) is 35.7 Å². The fourth-order valence-electron chi connectivity index (χ4n) is 2.45. The molecule has 0 aliphatic heterocycles. The number of carbonyl (C=O) groups excluding carboxylic acids is 2. The zero-order chi connectivity index (χ0) is 17.7. The molecule has 0 atom stereocenters. The van der Waals surface area contributed by atoms with E-state index in [1.54, 1.807) is 18.2 Å². The van der Waals surface area contributed by atoms with E-state index in [4.69, 9.17) is 11.6 Å². The Kier molecular flexibility index (Phi) is 5.99. The van der Waals surface area contributed by atoms with Crippen molar-refractivity contribution in [3.63, 3.8) is 0 Å². The molecule has 24 heavy (non-hydrogen) atoms. The Morgan fingerprint density at radius 1 is 1.00 bits per heavy atom. The zero-order valence-electron chi connectivity index (χ0n) is 14.1. The summed E-state index contributed by atoms with van der Waals surface area (Å²) < 4.78 is 0. The zero-order valence-corrected chi connectivity index (χ0v) is 14.8. The summed E-state index contributed by atoms with van der Waals surface area (Å²) in [5.41, 5.74) is 3.69. The molecule has 0 bridgehead atoms. The smallest absolute Gasteiger partial charge is 0.255 e. The third kappa shape index (κ3) is 4.83. The van der Waals surface area contributed by atoms with Gasteiger partial charge in [0.15, 0.2) is 0 Å². The van der Waals surface area contributed by atoms with Crippen LogP contribution in [0.4, 0.5) is 11.4 Å². The van der Waals surface area contributed by atoms with Crippen LogP contribution in [0.25, 0.3) is 0 Å². The quantitative estimate of drug-likeness (QED) is 0.806. The molecule has 0 spiro atoms. The highest BCUT2D eigenvalue weighted by molar-refractivity contribution is 6.34. The predicted molar refractivity (Wildman–Crippen MR) is 98.9 cm³/mol. The molecule has 2 aromatic carbocycles. The minimum absolute atomic E-state index is 0.0635. The van der Waals surface area contributed by atoms with Crippen LogP contribution in [0.1, 0.15) is 41.3 Å². The van der Waals surface area contributed by atoms with E-state index in [1.807, 2.05) is 39.0 Å². The highest BCUT2D eigenvalue weighted by atomic mass is 35.5. The van der Waals surface area contributed by atoms with Gasteiger partial charge in [-0.3, -0.25) is 9.59 Å². The van der Waals surface area contributed by atoms with Crippen LogP contribution in [0, 0.1) is 13.8 Å². The topological polar surface area (TPSA) is 58.2 Å². The number of benzene rings is 2. The van der Waals surface area contributed by atoms with Crippen molar-refractivity contribution >= 4 is 34.8 Å². The largest absolute Gasteiger partial charge is 0.326 e. The maximum atomic E-state index is 12.4. The highest BCUT2D eigenvalue weighted by Gasteiger charge is 2.11. The lowest BCUT2D eigenvalue weighted by atomic mass is 10.1. The molecular weight excluding hydrogens is 324 g/mol. The van der Waals surface area contributed by atoms with Crippen molar-refractivity contribution in [3.05, 3.63) is 58.1 Å². The Morgan fingerprint density at radius 2 is 1.67 bits per heavy atom. The van der Waals surface area contributed by atoms with Crippen molar-refractivity contribution in [2.45, 2.75) is 33.6 Å². The second-order valence-corrected chi connectivity index (χ2v) is 6.23. The van der Waals surface area contributed by atoms with Crippen LogP contribution >= 0.6 is 11.6 Å². The molecule has 4 nitrogen and oxygen atoms in total. The van der Waals surface area contributed by atoms with E-state index in [-0.39, 0.29) is 11.8 Å². The molecule has 0 fully saturated rings. The summed E-state index contributed by atoms with van der Waals surface area (Å²) in [6.45, 7) is 5.83. The number of hydrogen-bond acceptors (Lipinski definition) is 2. The number of hydrogen-bond donors (Lipinski definition) is 2. The molecule has 0 saturated heterocycles. The van der Waals surface area contributed by atoms with E-state index >= 15 is 0 Å². The number of anilines is 2. The van der Waals surface area contributed by atoms with Gasteiger partial charge in [0.25, 0.3) is 5.91 Å². The molecule has 5 heteroatoms. The summed E-state index contributed by atoms with van der Waals surface area (Å²) in [4.78, 5) is 24.1. The van der Waals surface area contributed by atoms with Crippen LogP contribution in [0.2, 0.25) is 5.02 Å². The van der Waals surface area contributed by atoms with Gasteiger partial charge < -0.3 is 10.6 Å². The highest BCUT2D eigenvalue weighted by Crippen LogP contribution is 2.26. The lowest BCUT2D eigenvalue weighted by Gasteiger charge is -2.11. The third-order valence-corrected chi connectivity index (χ3v) is 3.79. The fraction of sp³-hybridized carbons (Fsp3) is 0.263. The van der Waals surface area contributed by atoms with Crippen molar-refractivity contribution in [1.29, 1.82) is 0 Å². The van der Waals surface area contributed by atoms with Crippen molar-refractivity contribution in [2.24, 2.45) is 0 Å². The average Bonchev–Trinajstić information content (AvgIpc) is 2.50. The van der Waals surface area contributed by atoms with Crippen molar-refractivity contribution < 1.29 is 9.59 Å². The number of nitrogens with one attached hydrogen (secondary N) is 2. The first-order valence-corrected chi connectivity index (χ1v) is 8.26. The minimum Gasteiger partial charge on any atom is -0.326 e. The van der Waals surface area contributed by atoms with Crippen molar-refractivity contribution in [1.82, 2.24) is 0 Å². The molecule has 2 rings (SSSR count). The SMILES string of the molecule is CCCC(=O)Nc1ccc(Cl)c(NC(=O)c2cc(C)cc(C)c2)c1. The van der Waals surface area contributed by atoms with Gasteiger partial charge in [-0.05, 0) is 50.6 Å². The van der Waals surface area contributed by atoms with Gasteiger partial charge in [-0.25, -0.2) is 0 Å².